The monoisotopic (exact) mass is 262 g/mol. The van der Waals surface area contributed by atoms with E-state index in [0.29, 0.717) is 6.04 Å². The minimum absolute atomic E-state index is 0.180. The maximum absolute atomic E-state index is 13.3. The zero-order valence-corrected chi connectivity index (χ0v) is 12.1. The van der Waals surface area contributed by atoms with Gasteiger partial charge in [-0.25, -0.2) is 4.39 Å². The van der Waals surface area contributed by atoms with Crippen molar-refractivity contribution >= 4 is 5.69 Å². The fourth-order valence-corrected chi connectivity index (χ4v) is 2.87. The van der Waals surface area contributed by atoms with E-state index in [-0.39, 0.29) is 5.82 Å². The predicted molar refractivity (Wildman–Crippen MR) is 78.9 cm³/mol. The topological polar surface area (TPSA) is 15.3 Å². The average molecular weight is 262 g/mol. The molecule has 1 aliphatic heterocycles. The number of nitrogens with one attached hydrogen (secondary N) is 1. The maximum atomic E-state index is 13.3. The second-order valence-electron chi connectivity index (χ2n) is 5.56. The van der Waals surface area contributed by atoms with Crippen LogP contribution in [0, 0.1) is 19.7 Å². The summed E-state index contributed by atoms with van der Waals surface area (Å²) in [5.74, 6) is -0.180. The van der Waals surface area contributed by atoms with Gasteiger partial charge in [-0.3, -0.25) is 4.90 Å². The van der Waals surface area contributed by atoms with E-state index in [1.165, 1.54) is 12.8 Å². The number of benzene rings is 1. The van der Waals surface area contributed by atoms with Crippen molar-refractivity contribution in [3.63, 3.8) is 0 Å². The van der Waals surface area contributed by atoms with Crippen molar-refractivity contribution in [3.8, 4) is 0 Å². The molecule has 0 aromatic heterocycles. The van der Waals surface area contributed by atoms with Gasteiger partial charge >= 0.3 is 0 Å². The molecule has 104 valence electrons. The molecule has 1 heterocycles. The van der Waals surface area contributed by atoms with Crippen LogP contribution in [-0.4, -0.2) is 24.5 Å². The number of hydrogen-bond acceptors (Lipinski definition) is 2. The van der Waals surface area contributed by atoms with Crippen LogP contribution in [0.1, 0.15) is 30.4 Å². The number of nitrogens with zero attached hydrogens (tertiary/aromatic N) is 1. The number of aryl methyl sites for hydroxylation is 2. The average Bonchev–Trinajstić information content (AvgIpc) is 2.34. The fourth-order valence-electron chi connectivity index (χ4n) is 2.87. The van der Waals surface area contributed by atoms with Gasteiger partial charge in [-0.15, -0.1) is 0 Å². The highest BCUT2D eigenvalue weighted by Gasteiger charge is 2.22. The number of anilines is 1. The first-order chi connectivity index (χ1) is 8.99. The molecule has 1 atom stereocenters. The smallest absolute Gasteiger partial charge is 0.123 e. The van der Waals surface area contributed by atoms with Gasteiger partial charge < -0.3 is 5.32 Å². The first kappa shape index (κ1) is 14.1. The highest BCUT2D eigenvalue weighted by molar-refractivity contribution is 5.60. The van der Waals surface area contributed by atoms with E-state index >= 15 is 0 Å². The molecular weight excluding hydrogens is 239 g/mol. The Hall–Kier alpha value is -1.35. The first-order valence-corrected chi connectivity index (χ1v) is 6.92. The molecule has 0 radical (unpaired) electrons. The van der Waals surface area contributed by atoms with Crippen LogP contribution < -0.4 is 5.32 Å². The van der Waals surface area contributed by atoms with Gasteiger partial charge in [0.1, 0.15) is 5.82 Å². The van der Waals surface area contributed by atoms with Gasteiger partial charge in [-0.05, 0) is 63.5 Å². The molecule has 1 fully saturated rings. The van der Waals surface area contributed by atoms with E-state index < -0.39 is 0 Å². The van der Waals surface area contributed by atoms with E-state index in [1.54, 1.807) is 12.1 Å². The number of likely N-dealkylation sites (N-methyl/N-ethyl adjacent to an activating group) is 1. The molecule has 1 aliphatic rings. The molecule has 0 saturated carbocycles. The zero-order valence-electron chi connectivity index (χ0n) is 12.1. The van der Waals surface area contributed by atoms with Crippen molar-refractivity contribution < 1.29 is 4.39 Å². The molecule has 0 amide bonds. The number of likely N-dealkylation sites (tertiary alicyclic amines) is 1. The number of piperidine rings is 1. The van der Waals surface area contributed by atoms with Crippen molar-refractivity contribution in [1.82, 2.24) is 4.90 Å². The van der Waals surface area contributed by atoms with Crippen LogP contribution in [0.25, 0.3) is 0 Å². The lowest BCUT2D eigenvalue weighted by atomic mass is 9.99. The SMILES string of the molecule is C=C(Nc1c(C)cc(F)cc1C)C1CCCCN1C. The van der Waals surface area contributed by atoms with Crippen LogP contribution in [-0.2, 0) is 0 Å². The third-order valence-electron chi connectivity index (χ3n) is 3.96. The second-order valence-corrected chi connectivity index (χ2v) is 5.56. The van der Waals surface area contributed by atoms with E-state index in [2.05, 4.69) is 23.8 Å². The highest BCUT2D eigenvalue weighted by atomic mass is 19.1. The molecule has 19 heavy (non-hydrogen) atoms. The number of hydrogen-bond donors (Lipinski definition) is 1. The van der Waals surface area contributed by atoms with Crippen molar-refractivity contribution in [2.24, 2.45) is 0 Å². The van der Waals surface area contributed by atoms with E-state index in [9.17, 15) is 4.39 Å². The zero-order chi connectivity index (χ0) is 14.0. The Morgan fingerprint density at radius 2 is 1.95 bits per heavy atom. The molecule has 1 saturated heterocycles. The standard InChI is InChI=1S/C16H23FN2/c1-11-9-14(17)10-12(2)16(11)18-13(3)15-7-5-6-8-19(15)4/h9-10,15,18H,3,5-8H2,1-2,4H3. The molecule has 2 nitrogen and oxygen atoms in total. The van der Waals surface area contributed by atoms with Crippen LogP contribution in [0.5, 0.6) is 0 Å². The molecule has 1 N–H and O–H groups in total. The van der Waals surface area contributed by atoms with Crippen LogP contribution in [0.15, 0.2) is 24.4 Å². The number of halogens is 1. The van der Waals surface area contributed by atoms with Gasteiger partial charge in [0.15, 0.2) is 0 Å². The summed E-state index contributed by atoms with van der Waals surface area (Å²) in [6.07, 6.45) is 3.65. The summed E-state index contributed by atoms with van der Waals surface area (Å²) in [5, 5.41) is 3.40. The summed E-state index contributed by atoms with van der Waals surface area (Å²) < 4.78 is 13.3. The summed E-state index contributed by atoms with van der Waals surface area (Å²) in [6.45, 7) is 9.15. The lowest BCUT2D eigenvalue weighted by molar-refractivity contribution is 0.214. The molecular formula is C16H23FN2. The van der Waals surface area contributed by atoms with Crippen LogP contribution >= 0.6 is 0 Å². The molecule has 2 rings (SSSR count). The normalized spacial score (nSPS) is 20.3. The van der Waals surface area contributed by atoms with E-state index in [4.69, 9.17) is 0 Å². The van der Waals surface area contributed by atoms with Gasteiger partial charge in [0.25, 0.3) is 0 Å². The third kappa shape index (κ3) is 3.16. The Morgan fingerprint density at radius 1 is 1.32 bits per heavy atom. The molecule has 0 spiro atoms. The summed E-state index contributed by atoms with van der Waals surface area (Å²) >= 11 is 0. The summed E-state index contributed by atoms with van der Waals surface area (Å²) in [6, 6.07) is 3.50. The number of rotatable bonds is 3. The minimum atomic E-state index is -0.180. The highest BCUT2D eigenvalue weighted by Crippen LogP contribution is 2.26. The molecule has 0 bridgehead atoms. The summed E-state index contributed by atoms with van der Waals surface area (Å²) in [7, 11) is 2.14. The Balaban J connectivity index is 2.14. The fraction of sp³-hybridized carbons (Fsp3) is 0.500. The van der Waals surface area contributed by atoms with Crippen molar-refractivity contribution in [2.75, 3.05) is 18.9 Å². The third-order valence-corrected chi connectivity index (χ3v) is 3.96. The Labute approximate surface area is 115 Å². The van der Waals surface area contributed by atoms with Gasteiger partial charge in [0.05, 0.1) is 0 Å². The molecule has 1 aromatic rings. The van der Waals surface area contributed by atoms with Crippen LogP contribution in [0.3, 0.4) is 0 Å². The van der Waals surface area contributed by atoms with E-state index in [0.717, 1.165) is 35.5 Å². The molecule has 0 aliphatic carbocycles. The van der Waals surface area contributed by atoms with E-state index in [1.807, 2.05) is 13.8 Å². The lowest BCUT2D eigenvalue weighted by Gasteiger charge is -2.34. The van der Waals surface area contributed by atoms with Gasteiger partial charge in [-0.2, -0.15) is 0 Å². The van der Waals surface area contributed by atoms with Crippen molar-refractivity contribution in [2.45, 2.75) is 39.2 Å². The first-order valence-electron chi connectivity index (χ1n) is 6.92. The van der Waals surface area contributed by atoms with Crippen LogP contribution in [0.4, 0.5) is 10.1 Å². The summed E-state index contributed by atoms with van der Waals surface area (Å²) in [5.41, 5.74) is 3.86. The predicted octanol–water partition coefficient (Wildman–Crippen LogP) is 3.85. The quantitative estimate of drug-likeness (QED) is 0.890. The van der Waals surface area contributed by atoms with Crippen LogP contribution in [0.2, 0.25) is 0 Å². The molecule has 3 heteroatoms. The second kappa shape index (κ2) is 5.74. The summed E-state index contributed by atoms with van der Waals surface area (Å²) in [4.78, 5) is 2.34. The maximum Gasteiger partial charge on any atom is 0.123 e. The Morgan fingerprint density at radius 3 is 2.53 bits per heavy atom. The van der Waals surface area contributed by atoms with Gasteiger partial charge in [0.2, 0.25) is 0 Å². The Bertz CT molecular complexity index is 459. The van der Waals surface area contributed by atoms with Gasteiger partial charge in [-0.1, -0.05) is 13.0 Å². The molecule has 1 aromatic carbocycles. The minimum Gasteiger partial charge on any atom is -0.358 e. The van der Waals surface area contributed by atoms with Crippen molar-refractivity contribution in [3.05, 3.63) is 41.4 Å². The van der Waals surface area contributed by atoms with Gasteiger partial charge in [0, 0.05) is 17.4 Å². The largest absolute Gasteiger partial charge is 0.358 e. The molecule has 1 unspecified atom stereocenters. The lowest BCUT2D eigenvalue weighted by Crippen LogP contribution is -2.39. The van der Waals surface area contributed by atoms with Crippen molar-refractivity contribution in [1.29, 1.82) is 0 Å². The Kier molecular flexibility index (Phi) is 4.25.